The van der Waals surface area contributed by atoms with Crippen LogP contribution in [0.2, 0.25) is 0 Å². The van der Waals surface area contributed by atoms with Crippen LogP contribution in [-0.4, -0.2) is 39.9 Å². The molecule has 10 nitrogen and oxygen atoms in total. The Hall–Kier alpha value is -4.51. The van der Waals surface area contributed by atoms with Crippen LogP contribution in [0.3, 0.4) is 0 Å². The number of esters is 1. The van der Waals surface area contributed by atoms with Gasteiger partial charge in [0.1, 0.15) is 28.6 Å². The molecule has 11 heteroatoms. The fourth-order valence-corrected chi connectivity index (χ4v) is 6.43. The second-order valence-electron chi connectivity index (χ2n) is 9.91. The topological polar surface area (TPSA) is 151 Å². The summed E-state index contributed by atoms with van der Waals surface area (Å²) in [5, 5.41) is 11.7. The Kier molecular flexibility index (Phi) is 7.89. The van der Waals surface area contributed by atoms with E-state index in [1.807, 2.05) is 31.2 Å². The van der Waals surface area contributed by atoms with E-state index < -0.39 is 16.0 Å². The number of anilines is 3. The van der Waals surface area contributed by atoms with E-state index in [1.54, 1.807) is 48.2 Å². The van der Waals surface area contributed by atoms with Crippen molar-refractivity contribution in [2.45, 2.75) is 38.1 Å². The van der Waals surface area contributed by atoms with Crippen LogP contribution in [0.4, 0.5) is 17.1 Å². The SMILES string of the molecule is CCOC(=O)CN1CCCc2cccc(S(=O)(=O)Nc3ccc4c(C)c(CNc5ccc(C(=N)N)cc5)oc4c3)c21. The van der Waals surface area contributed by atoms with E-state index in [0.29, 0.717) is 35.6 Å². The number of hydrogen-bond donors (Lipinski definition) is 4. The van der Waals surface area contributed by atoms with E-state index in [-0.39, 0.29) is 23.9 Å². The van der Waals surface area contributed by atoms with Crippen LogP contribution in [0, 0.1) is 12.3 Å². The normalized spacial score (nSPS) is 13.1. The number of rotatable bonds is 10. The second kappa shape index (κ2) is 11.5. The lowest BCUT2D eigenvalue weighted by atomic mass is 10.0. The molecule has 0 amide bonds. The summed E-state index contributed by atoms with van der Waals surface area (Å²) in [5.74, 6) is 0.345. The lowest BCUT2D eigenvalue weighted by Gasteiger charge is -2.32. The smallest absolute Gasteiger partial charge is 0.325 e. The van der Waals surface area contributed by atoms with E-state index in [0.717, 1.165) is 40.8 Å². The minimum atomic E-state index is -3.99. The zero-order valence-corrected chi connectivity index (χ0v) is 23.8. The Morgan fingerprint density at radius 3 is 2.61 bits per heavy atom. The highest BCUT2D eigenvalue weighted by molar-refractivity contribution is 7.92. The maximum atomic E-state index is 13.6. The Bertz CT molecular complexity index is 1710. The summed E-state index contributed by atoms with van der Waals surface area (Å²) in [4.78, 5) is 14.1. The number of furan rings is 1. The molecule has 0 fully saturated rings. The Morgan fingerprint density at radius 2 is 1.88 bits per heavy atom. The van der Waals surface area contributed by atoms with E-state index in [1.165, 1.54) is 0 Å². The number of amidine groups is 1. The van der Waals surface area contributed by atoms with Gasteiger partial charge in [0.25, 0.3) is 10.0 Å². The van der Waals surface area contributed by atoms with Crippen LogP contribution in [0.25, 0.3) is 11.0 Å². The van der Waals surface area contributed by atoms with E-state index in [2.05, 4.69) is 10.0 Å². The van der Waals surface area contributed by atoms with Gasteiger partial charge in [-0.15, -0.1) is 0 Å². The number of fused-ring (bicyclic) bond motifs is 2. The number of aryl methyl sites for hydroxylation is 2. The van der Waals surface area contributed by atoms with Crippen LogP contribution in [0.1, 0.15) is 35.8 Å². The van der Waals surface area contributed by atoms with Gasteiger partial charge < -0.3 is 25.1 Å². The summed E-state index contributed by atoms with van der Waals surface area (Å²) in [7, 11) is -3.99. The number of hydrogen-bond acceptors (Lipinski definition) is 8. The molecular formula is C30H33N5O5S. The molecule has 214 valence electrons. The van der Waals surface area contributed by atoms with Crippen molar-refractivity contribution in [3.05, 3.63) is 83.1 Å². The number of carbonyl (C=O) groups is 1. The highest BCUT2D eigenvalue weighted by atomic mass is 32.2. The zero-order chi connectivity index (χ0) is 29.1. The molecule has 0 bridgehead atoms. The van der Waals surface area contributed by atoms with Gasteiger partial charge in [-0.1, -0.05) is 12.1 Å². The van der Waals surface area contributed by atoms with Gasteiger partial charge in [-0.05, 0) is 74.7 Å². The van der Waals surface area contributed by atoms with Gasteiger partial charge >= 0.3 is 5.97 Å². The van der Waals surface area contributed by atoms with Crippen LogP contribution in [0.5, 0.6) is 0 Å². The molecule has 0 atom stereocenters. The third kappa shape index (κ3) is 5.99. The molecule has 1 aliphatic rings. The predicted octanol–water partition coefficient (Wildman–Crippen LogP) is 4.75. The maximum absolute atomic E-state index is 13.6. The second-order valence-corrected chi connectivity index (χ2v) is 11.6. The summed E-state index contributed by atoms with van der Waals surface area (Å²) in [5.41, 5.74) is 10.3. The molecule has 5 rings (SSSR count). The van der Waals surface area contributed by atoms with Crippen molar-refractivity contribution in [2.24, 2.45) is 5.73 Å². The number of nitrogens with two attached hydrogens (primary N) is 1. The molecule has 2 heterocycles. The van der Waals surface area contributed by atoms with Crippen molar-refractivity contribution >= 4 is 49.9 Å². The molecule has 41 heavy (non-hydrogen) atoms. The van der Waals surface area contributed by atoms with Crippen LogP contribution < -0.4 is 20.7 Å². The van der Waals surface area contributed by atoms with Crippen molar-refractivity contribution < 1.29 is 22.4 Å². The lowest BCUT2D eigenvalue weighted by Crippen LogP contribution is -2.36. The van der Waals surface area contributed by atoms with Gasteiger partial charge in [-0.25, -0.2) is 8.42 Å². The largest absolute Gasteiger partial charge is 0.465 e. The number of carbonyl (C=O) groups excluding carboxylic acids is 1. The van der Waals surface area contributed by atoms with Crippen LogP contribution >= 0.6 is 0 Å². The van der Waals surface area contributed by atoms with Crippen molar-refractivity contribution in [1.82, 2.24) is 0 Å². The fraction of sp³-hybridized carbons (Fsp3) is 0.267. The van der Waals surface area contributed by atoms with Gasteiger partial charge in [-0.3, -0.25) is 14.9 Å². The first kappa shape index (κ1) is 28.0. The minimum Gasteiger partial charge on any atom is -0.465 e. The lowest BCUT2D eigenvalue weighted by molar-refractivity contribution is -0.141. The predicted molar refractivity (Wildman–Crippen MR) is 160 cm³/mol. The molecule has 3 aromatic carbocycles. The van der Waals surface area contributed by atoms with Crippen LogP contribution in [0.15, 0.2) is 70.0 Å². The number of ether oxygens (including phenoxy) is 1. The van der Waals surface area contributed by atoms with Gasteiger partial charge in [0, 0.05) is 34.8 Å². The third-order valence-electron chi connectivity index (χ3n) is 7.13. The average molecular weight is 576 g/mol. The molecule has 0 radical (unpaired) electrons. The molecule has 0 unspecified atom stereocenters. The standard InChI is InChI=1S/C30H33N5O5S/c1-3-39-28(36)18-35-15-5-7-20-6-4-8-27(29(20)35)41(37,38)34-23-13-14-24-19(2)26(40-25(24)16-23)17-33-22-11-9-21(10-12-22)30(31)32/h4,6,8-14,16,33-34H,3,5,7,15,17-18H2,1-2H3,(H3,31,32). The molecular weight excluding hydrogens is 542 g/mol. The maximum Gasteiger partial charge on any atom is 0.325 e. The Morgan fingerprint density at radius 1 is 1.12 bits per heavy atom. The number of nitrogens with one attached hydrogen (secondary N) is 3. The molecule has 5 N–H and O–H groups in total. The monoisotopic (exact) mass is 575 g/mol. The molecule has 0 saturated carbocycles. The molecule has 4 aromatic rings. The first-order valence-corrected chi connectivity index (χ1v) is 14.9. The number of nitrogens with zero attached hydrogens (tertiary/aromatic N) is 1. The minimum absolute atomic E-state index is 0.0112. The first-order valence-electron chi connectivity index (χ1n) is 13.4. The van der Waals surface area contributed by atoms with Gasteiger partial charge in [0.15, 0.2) is 0 Å². The molecule has 0 saturated heterocycles. The highest BCUT2D eigenvalue weighted by Crippen LogP contribution is 2.35. The fourth-order valence-electron chi connectivity index (χ4n) is 5.11. The van der Waals surface area contributed by atoms with Gasteiger partial charge in [-0.2, -0.15) is 0 Å². The zero-order valence-electron chi connectivity index (χ0n) is 23.0. The first-order chi connectivity index (χ1) is 19.7. The molecule has 0 spiro atoms. The average Bonchev–Trinajstić information content (AvgIpc) is 3.26. The van der Waals surface area contributed by atoms with Crippen LogP contribution in [-0.2, 0) is 32.5 Å². The quantitative estimate of drug-likeness (QED) is 0.120. The van der Waals surface area contributed by atoms with Gasteiger partial charge in [0.05, 0.1) is 24.5 Å². The third-order valence-corrected chi connectivity index (χ3v) is 8.54. The Labute approximate surface area is 239 Å². The van der Waals surface area contributed by atoms with Crippen molar-refractivity contribution in [2.75, 3.05) is 34.6 Å². The van der Waals surface area contributed by atoms with Crippen molar-refractivity contribution in [1.29, 1.82) is 5.41 Å². The Balaban J connectivity index is 1.37. The molecule has 0 aliphatic carbocycles. The number of nitrogen functional groups attached to an aromatic ring is 1. The highest BCUT2D eigenvalue weighted by Gasteiger charge is 2.28. The number of sulfonamides is 1. The van der Waals surface area contributed by atoms with E-state index in [9.17, 15) is 13.2 Å². The number of benzene rings is 3. The van der Waals surface area contributed by atoms with E-state index >= 15 is 0 Å². The molecule has 1 aromatic heterocycles. The van der Waals surface area contributed by atoms with E-state index in [4.69, 9.17) is 20.3 Å². The summed E-state index contributed by atoms with van der Waals surface area (Å²) in [6, 6.07) is 17.7. The van der Waals surface area contributed by atoms with Crippen molar-refractivity contribution in [3.63, 3.8) is 0 Å². The molecule has 1 aliphatic heterocycles. The summed E-state index contributed by atoms with van der Waals surface area (Å²) in [6.45, 7) is 4.94. The summed E-state index contributed by atoms with van der Waals surface area (Å²) >= 11 is 0. The summed E-state index contributed by atoms with van der Waals surface area (Å²) < 4.78 is 41.2. The summed E-state index contributed by atoms with van der Waals surface area (Å²) in [6.07, 6.45) is 1.55. The van der Waals surface area contributed by atoms with Crippen molar-refractivity contribution in [3.8, 4) is 0 Å². The number of para-hydroxylation sites is 1. The van der Waals surface area contributed by atoms with Gasteiger partial charge in [0.2, 0.25) is 0 Å².